The van der Waals surface area contributed by atoms with Gasteiger partial charge in [-0.05, 0) is 53.6 Å². The number of rotatable bonds is 5. The molecule has 21 heavy (non-hydrogen) atoms. The molecule has 0 aliphatic heterocycles. The van der Waals surface area contributed by atoms with Crippen molar-refractivity contribution in [1.29, 1.82) is 0 Å². The average molecular weight is 281 g/mol. The molecule has 2 aromatic carbocycles. The van der Waals surface area contributed by atoms with E-state index < -0.39 is 0 Å². The van der Waals surface area contributed by atoms with E-state index >= 15 is 0 Å². The van der Waals surface area contributed by atoms with Crippen LogP contribution in [0.15, 0.2) is 42.5 Å². The highest BCUT2D eigenvalue weighted by Crippen LogP contribution is 2.37. The molecule has 0 heterocycles. The summed E-state index contributed by atoms with van der Waals surface area (Å²) in [6, 6.07) is 14.5. The van der Waals surface area contributed by atoms with Crippen LogP contribution in [0.25, 0.3) is 11.1 Å². The second kappa shape index (κ2) is 6.10. The van der Waals surface area contributed by atoms with Crippen molar-refractivity contribution < 1.29 is 9.90 Å². The van der Waals surface area contributed by atoms with Crippen LogP contribution in [0.5, 0.6) is 0 Å². The molecule has 0 saturated carbocycles. The van der Waals surface area contributed by atoms with E-state index in [9.17, 15) is 4.79 Å². The fraction of sp³-hybridized carbons (Fsp3) is 0.278. The highest BCUT2D eigenvalue weighted by atomic mass is 16.2. The Hall–Kier alpha value is -2.13. The van der Waals surface area contributed by atoms with Gasteiger partial charge in [-0.2, -0.15) is 0 Å². The minimum absolute atomic E-state index is 0.0129. The third kappa shape index (κ3) is 2.98. The monoisotopic (exact) mass is 281 g/mol. The summed E-state index contributed by atoms with van der Waals surface area (Å²) in [6.45, 7) is 0.143. The minimum atomic E-state index is 0.0129. The highest BCUT2D eigenvalue weighted by Gasteiger charge is 2.18. The first-order valence-electron chi connectivity index (χ1n) is 7.40. The number of aliphatic hydroxyl groups excluding tert-OH is 1. The highest BCUT2D eigenvalue weighted by molar-refractivity contribution is 5.91. The van der Waals surface area contributed by atoms with E-state index in [0.29, 0.717) is 12.8 Å². The zero-order valence-corrected chi connectivity index (χ0v) is 11.9. The van der Waals surface area contributed by atoms with Crippen molar-refractivity contribution in [2.75, 3.05) is 11.9 Å². The minimum Gasteiger partial charge on any atom is -0.396 e. The number of nitrogens with one attached hydrogen (secondary N) is 1. The van der Waals surface area contributed by atoms with E-state index in [1.807, 2.05) is 6.07 Å². The molecule has 0 aromatic heterocycles. The molecule has 0 radical (unpaired) electrons. The summed E-state index contributed by atoms with van der Waals surface area (Å²) in [4.78, 5) is 11.8. The lowest BCUT2D eigenvalue weighted by Gasteiger charge is -2.07. The van der Waals surface area contributed by atoms with Crippen LogP contribution in [0.2, 0.25) is 0 Å². The van der Waals surface area contributed by atoms with Crippen LogP contribution in [-0.4, -0.2) is 17.6 Å². The molecule has 2 aromatic rings. The Balaban J connectivity index is 1.71. The van der Waals surface area contributed by atoms with Crippen molar-refractivity contribution in [3.05, 3.63) is 53.6 Å². The van der Waals surface area contributed by atoms with Gasteiger partial charge in [0, 0.05) is 18.7 Å². The molecule has 1 amide bonds. The van der Waals surface area contributed by atoms with E-state index in [0.717, 1.165) is 18.5 Å². The summed E-state index contributed by atoms with van der Waals surface area (Å²) in [7, 11) is 0. The number of amides is 1. The van der Waals surface area contributed by atoms with E-state index in [1.54, 1.807) is 0 Å². The third-order valence-electron chi connectivity index (χ3n) is 3.89. The third-order valence-corrected chi connectivity index (χ3v) is 3.89. The maximum atomic E-state index is 11.8. The first-order chi connectivity index (χ1) is 10.3. The lowest BCUT2D eigenvalue weighted by molar-refractivity contribution is -0.116. The van der Waals surface area contributed by atoms with Crippen molar-refractivity contribution >= 4 is 11.6 Å². The number of benzene rings is 2. The molecule has 1 aliphatic rings. The summed E-state index contributed by atoms with van der Waals surface area (Å²) >= 11 is 0. The van der Waals surface area contributed by atoms with Crippen LogP contribution in [-0.2, 0) is 11.2 Å². The van der Waals surface area contributed by atoms with Crippen LogP contribution >= 0.6 is 0 Å². The Morgan fingerprint density at radius 2 is 1.86 bits per heavy atom. The van der Waals surface area contributed by atoms with Crippen LogP contribution in [0.1, 0.15) is 30.4 Å². The van der Waals surface area contributed by atoms with Crippen molar-refractivity contribution in [3.63, 3.8) is 0 Å². The molecule has 0 spiro atoms. The molecule has 0 fully saturated rings. The van der Waals surface area contributed by atoms with Crippen molar-refractivity contribution in [2.24, 2.45) is 0 Å². The number of anilines is 1. The largest absolute Gasteiger partial charge is 0.396 e. The summed E-state index contributed by atoms with van der Waals surface area (Å²) in [5, 5.41) is 11.7. The quantitative estimate of drug-likeness (QED) is 0.705. The molecular weight excluding hydrogens is 262 g/mol. The Morgan fingerprint density at radius 3 is 2.71 bits per heavy atom. The average Bonchev–Trinajstić information content (AvgIpc) is 2.85. The molecule has 0 atom stereocenters. The normalized spacial score (nSPS) is 11.9. The number of aliphatic hydroxyl groups is 1. The fourth-order valence-electron chi connectivity index (χ4n) is 2.84. The molecule has 3 rings (SSSR count). The van der Waals surface area contributed by atoms with Crippen LogP contribution in [0.3, 0.4) is 0 Å². The second-order valence-electron chi connectivity index (χ2n) is 5.43. The van der Waals surface area contributed by atoms with Gasteiger partial charge in [0.2, 0.25) is 5.91 Å². The van der Waals surface area contributed by atoms with Crippen LogP contribution < -0.4 is 5.32 Å². The predicted octanol–water partition coefficient (Wildman–Crippen LogP) is 3.36. The Morgan fingerprint density at radius 1 is 1.05 bits per heavy atom. The zero-order chi connectivity index (χ0) is 14.7. The number of carbonyl (C=O) groups excluding carboxylic acids is 1. The van der Waals surface area contributed by atoms with Crippen molar-refractivity contribution in [1.82, 2.24) is 0 Å². The Kier molecular flexibility index (Phi) is 4.02. The molecule has 2 N–H and O–H groups in total. The van der Waals surface area contributed by atoms with Gasteiger partial charge in [-0.25, -0.2) is 0 Å². The first kappa shape index (κ1) is 13.8. The van der Waals surface area contributed by atoms with Gasteiger partial charge in [0.25, 0.3) is 0 Å². The number of hydrogen-bond donors (Lipinski definition) is 2. The van der Waals surface area contributed by atoms with Crippen molar-refractivity contribution in [3.8, 4) is 11.1 Å². The maximum absolute atomic E-state index is 11.8. The second-order valence-corrected chi connectivity index (χ2v) is 5.43. The van der Waals surface area contributed by atoms with Gasteiger partial charge >= 0.3 is 0 Å². The Labute approximate surface area is 124 Å². The van der Waals surface area contributed by atoms with Gasteiger partial charge in [0.15, 0.2) is 0 Å². The first-order valence-corrected chi connectivity index (χ1v) is 7.40. The lowest BCUT2D eigenvalue weighted by atomic mass is 10.1. The van der Waals surface area contributed by atoms with Gasteiger partial charge in [-0.3, -0.25) is 4.79 Å². The summed E-state index contributed by atoms with van der Waals surface area (Å²) in [5.74, 6) is 0.0129. The van der Waals surface area contributed by atoms with Crippen LogP contribution in [0, 0.1) is 0 Å². The molecule has 3 nitrogen and oxygen atoms in total. The van der Waals surface area contributed by atoms with Gasteiger partial charge in [0.05, 0.1) is 0 Å². The zero-order valence-electron chi connectivity index (χ0n) is 11.9. The topological polar surface area (TPSA) is 49.3 Å². The van der Waals surface area contributed by atoms with Crippen molar-refractivity contribution in [2.45, 2.75) is 25.7 Å². The summed E-state index contributed by atoms with van der Waals surface area (Å²) in [6.07, 6.45) is 2.78. The number of hydrogen-bond acceptors (Lipinski definition) is 2. The number of carbonyl (C=O) groups is 1. The molecule has 0 bridgehead atoms. The summed E-state index contributed by atoms with van der Waals surface area (Å²) in [5.41, 5.74) is 6.04. The van der Waals surface area contributed by atoms with E-state index in [4.69, 9.17) is 5.11 Å². The maximum Gasteiger partial charge on any atom is 0.224 e. The molecule has 3 heteroatoms. The lowest BCUT2D eigenvalue weighted by Crippen LogP contribution is -2.11. The standard InChI is InChI=1S/C18H19NO2/c20-10-4-3-7-18(21)19-15-8-9-17-14(12-15)11-13-5-1-2-6-16(13)17/h1-2,5-6,8-9,12,20H,3-4,7,10-11H2,(H,19,21). The molecular formula is C18H19NO2. The van der Waals surface area contributed by atoms with Crippen LogP contribution in [0.4, 0.5) is 5.69 Å². The fourth-order valence-corrected chi connectivity index (χ4v) is 2.84. The van der Waals surface area contributed by atoms with E-state index in [1.165, 1.54) is 22.3 Å². The molecule has 0 saturated heterocycles. The van der Waals surface area contributed by atoms with Gasteiger partial charge in [-0.1, -0.05) is 30.3 Å². The Bertz CT molecular complexity index is 664. The molecule has 108 valence electrons. The summed E-state index contributed by atoms with van der Waals surface area (Å²) < 4.78 is 0. The molecule has 0 unspecified atom stereocenters. The van der Waals surface area contributed by atoms with E-state index in [2.05, 4.69) is 41.7 Å². The van der Waals surface area contributed by atoms with E-state index in [-0.39, 0.29) is 12.5 Å². The smallest absolute Gasteiger partial charge is 0.224 e. The predicted molar refractivity (Wildman–Crippen MR) is 84.3 cm³/mol. The SMILES string of the molecule is O=C(CCCCO)Nc1ccc2c(c1)Cc1ccccc1-2. The van der Waals surface area contributed by atoms with Gasteiger partial charge < -0.3 is 10.4 Å². The molecule has 1 aliphatic carbocycles. The number of fused-ring (bicyclic) bond motifs is 3. The van der Waals surface area contributed by atoms with Gasteiger partial charge in [0.1, 0.15) is 0 Å². The number of unbranched alkanes of at least 4 members (excludes halogenated alkanes) is 1. The van der Waals surface area contributed by atoms with Gasteiger partial charge in [-0.15, -0.1) is 0 Å².